The number of ether oxygens (including phenoxy) is 1. The molecule has 0 N–H and O–H groups in total. The second kappa shape index (κ2) is 6.39. The van der Waals surface area contributed by atoms with E-state index in [9.17, 15) is 14.4 Å². The standard InChI is InChI=1S/C19H18N2O4/c1-4-25-19(24)15-10-9-12(20(2)3)11-16(15)21-17(22)13-7-5-6-8-14(13)18(21)23/h5-11H,4H2,1-3H3. The van der Waals surface area contributed by atoms with Crippen molar-refractivity contribution >= 4 is 29.2 Å². The van der Waals surface area contributed by atoms with Gasteiger partial charge in [-0.25, -0.2) is 9.69 Å². The SMILES string of the molecule is CCOC(=O)c1ccc(N(C)C)cc1N1C(=O)c2ccccc2C1=O. The van der Waals surface area contributed by atoms with Gasteiger partial charge in [0, 0.05) is 19.8 Å². The molecule has 0 aromatic heterocycles. The van der Waals surface area contributed by atoms with Crippen LogP contribution in [0.1, 0.15) is 38.0 Å². The van der Waals surface area contributed by atoms with E-state index in [4.69, 9.17) is 4.74 Å². The minimum Gasteiger partial charge on any atom is -0.462 e. The lowest BCUT2D eigenvalue weighted by Gasteiger charge is -2.21. The summed E-state index contributed by atoms with van der Waals surface area (Å²) >= 11 is 0. The van der Waals surface area contributed by atoms with E-state index >= 15 is 0 Å². The maximum Gasteiger partial charge on any atom is 0.340 e. The van der Waals surface area contributed by atoms with E-state index in [2.05, 4.69) is 0 Å². The number of hydrogen-bond acceptors (Lipinski definition) is 5. The van der Waals surface area contributed by atoms with Crippen LogP contribution in [0.2, 0.25) is 0 Å². The normalized spacial score (nSPS) is 13.0. The molecule has 0 bridgehead atoms. The van der Waals surface area contributed by atoms with E-state index in [0.29, 0.717) is 11.1 Å². The molecule has 1 aliphatic heterocycles. The van der Waals surface area contributed by atoms with Gasteiger partial charge in [0.25, 0.3) is 11.8 Å². The van der Waals surface area contributed by atoms with Gasteiger partial charge in [-0.3, -0.25) is 9.59 Å². The van der Waals surface area contributed by atoms with Gasteiger partial charge in [0.15, 0.2) is 0 Å². The summed E-state index contributed by atoms with van der Waals surface area (Å²) in [6, 6.07) is 11.6. The van der Waals surface area contributed by atoms with Gasteiger partial charge in [-0.1, -0.05) is 12.1 Å². The Bertz CT molecular complexity index is 838. The Morgan fingerprint density at radius 3 is 2.16 bits per heavy atom. The molecule has 0 saturated heterocycles. The Morgan fingerprint density at radius 2 is 1.64 bits per heavy atom. The van der Waals surface area contributed by atoms with Gasteiger partial charge in [0.05, 0.1) is 29.0 Å². The van der Waals surface area contributed by atoms with Crippen LogP contribution in [0, 0.1) is 0 Å². The van der Waals surface area contributed by atoms with Crippen LogP contribution < -0.4 is 9.80 Å². The minimum absolute atomic E-state index is 0.182. The van der Waals surface area contributed by atoms with Crippen molar-refractivity contribution in [1.82, 2.24) is 0 Å². The van der Waals surface area contributed by atoms with Gasteiger partial charge in [0.2, 0.25) is 0 Å². The van der Waals surface area contributed by atoms with Gasteiger partial charge in [-0.15, -0.1) is 0 Å². The monoisotopic (exact) mass is 338 g/mol. The average Bonchev–Trinajstić information content (AvgIpc) is 2.86. The number of rotatable bonds is 4. The average molecular weight is 338 g/mol. The predicted molar refractivity (Wildman–Crippen MR) is 94.3 cm³/mol. The van der Waals surface area contributed by atoms with Gasteiger partial charge >= 0.3 is 5.97 Å². The summed E-state index contributed by atoms with van der Waals surface area (Å²) in [5, 5.41) is 0. The lowest BCUT2D eigenvalue weighted by atomic mass is 10.1. The van der Waals surface area contributed by atoms with Gasteiger partial charge in [-0.05, 0) is 37.3 Å². The van der Waals surface area contributed by atoms with Gasteiger partial charge < -0.3 is 9.64 Å². The molecule has 0 spiro atoms. The zero-order chi connectivity index (χ0) is 18.1. The van der Waals surface area contributed by atoms with E-state index in [1.165, 1.54) is 0 Å². The second-order valence-electron chi connectivity index (χ2n) is 5.81. The van der Waals surface area contributed by atoms with Crippen LogP contribution in [-0.2, 0) is 4.74 Å². The van der Waals surface area contributed by atoms with E-state index in [-0.39, 0.29) is 17.9 Å². The lowest BCUT2D eigenvalue weighted by molar-refractivity contribution is 0.0527. The molecule has 25 heavy (non-hydrogen) atoms. The summed E-state index contributed by atoms with van der Waals surface area (Å²) in [7, 11) is 3.68. The van der Waals surface area contributed by atoms with Gasteiger partial charge in [0.1, 0.15) is 0 Å². The fourth-order valence-corrected chi connectivity index (χ4v) is 2.77. The highest BCUT2D eigenvalue weighted by molar-refractivity contribution is 6.35. The van der Waals surface area contributed by atoms with E-state index in [1.54, 1.807) is 49.4 Å². The molecule has 0 radical (unpaired) electrons. The maximum absolute atomic E-state index is 12.8. The first kappa shape index (κ1) is 16.7. The Balaban J connectivity index is 2.15. The molecule has 1 aliphatic rings. The Labute approximate surface area is 145 Å². The van der Waals surface area contributed by atoms with Crippen molar-refractivity contribution in [1.29, 1.82) is 0 Å². The Kier molecular flexibility index (Phi) is 4.27. The summed E-state index contributed by atoms with van der Waals surface area (Å²) in [6.45, 7) is 1.91. The fourth-order valence-electron chi connectivity index (χ4n) is 2.77. The summed E-state index contributed by atoms with van der Waals surface area (Å²) < 4.78 is 5.07. The molecular weight excluding hydrogens is 320 g/mol. The molecule has 0 atom stereocenters. The third kappa shape index (κ3) is 2.76. The third-order valence-electron chi connectivity index (χ3n) is 4.03. The molecule has 3 rings (SSSR count). The molecule has 6 heteroatoms. The number of carbonyl (C=O) groups excluding carboxylic acids is 3. The number of benzene rings is 2. The van der Waals surface area contributed by atoms with Crippen molar-refractivity contribution in [3.8, 4) is 0 Å². The number of carbonyl (C=O) groups is 3. The second-order valence-corrected chi connectivity index (χ2v) is 5.81. The summed E-state index contributed by atoms with van der Waals surface area (Å²) in [5.41, 5.74) is 1.84. The van der Waals surface area contributed by atoms with Crippen LogP contribution in [0.25, 0.3) is 0 Å². The summed E-state index contributed by atoms with van der Waals surface area (Å²) in [6.07, 6.45) is 0. The molecule has 0 saturated carbocycles. The topological polar surface area (TPSA) is 66.9 Å². The maximum atomic E-state index is 12.8. The van der Waals surface area contributed by atoms with Crippen molar-refractivity contribution < 1.29 is 19.1 Å². The highest BCUT2D eigenvalue weighted by Crippen LogP contribution is 2.33. The molecule has 1 heterocycles. The molecule has 2 aromatic carbocycles. The number of imide groups is 1. The van der Waals surface area contributed by atoms with E-state index < -0.39 is 17.8 Å². The predicted octanol–water partition coefficient (Wildman–Crippen LogP) is 2.73. The molecule has 2 amide bonds. The number of nitrogens with zero attached hydrogens (tertiary/aromatic N) is 2. The number of esters is 1. The number of hydrogen-bond donors (Lipinski definition) is 0. The highest BCUT2D eigenvalue weighted by atomic mass is 16.5. The summed E-state index contributed by atoms with van der Waals surface area (Å²) in [5.74, 6) is -1.46. The zero-order valence-corrected chi connectivity index (χ0v) is 14.3. The molecule has 0 fully saturated rings. The van der Waals surface area contributed by atoms with Crippen LogP contribution in [0.15, 0.2) is 42.5 Å². The molecule has 128 valence electrons. The molecular formula is C19H18N2O4. The van der Waals surface area contributed by atoms with Crippen LogP contribution in [0.3, 0.4) is 0 Å². The van der Waals surface area contributed by atoms with Crippen LogP contribution >= 0.6 is 0 Å². The highest BCUT2D eigenvalue weighted by Gasteiger charge is 2.38. The number of fused-ring (bicyclic) bond motifs is 1. The first-order valence-corrected chi connectivity index (χ1v) is 7.92. The molecule has 0 aliphatic carbocycles. The lowest BCUT2D eigenvalue weighted by Crippen LogP contribution is -2.31. The van der Waals surface area contributed by atoms with E-state index in [1.807, 2.05) is 19.0 Å². The first-order chi connectivity index (χ1) is 12.0. The number of anilines is 2. The number of amides is 2. The van der Waals surface area contributed by atoms with Crippen molar-refractivity contribution in [3.63, 3.8) is 0 Å². The van der Waals surface area contributed by atoms with Crippen molar-refractivity contribution in [2.45, 2.75) is 6.92 Å². The minimum atomic E-state index is -0.570. The molecule has 6 nitrogen and oxygen atoms in total. The fraction of sp³-hybridized carbons (Fsp3) is 0.211. The van der Waals surface area contributed by atoms with Crippen LogP contribution in [0.5, 0.6) is 0 Å². The Morgan fingerprint density at radius 1 is 1.04 bits per heavy atom. The van der Waals surface area contributed by atoms with E-state index in [0.717, 1.165) is 10.6 Å². The molecule has 0 unspecified atom stereocenters. The third-order valence-corrected chi connectivity index (χ3v) is 4.03. The summed E-state index contributed by atoms with van der Waals surface area (Å²) in [4.78, 5) is 40.7. The molecule has 2 aromatic rings. The smallest absolute Gasteiger partial charge is 0.340 e. The largest absolute Gasteiger partial charge is 0.462 e. The van der Waals surface area contributed by atoms with Crippen LogP contribution in [0.4, 0.5) is 11.4 Å². The van der Waals surface area contributed by atoms with Crippen molar-refractivity contribution in [2.75, 3.05) is 30.5 Å². The zero-order valence-electron chi connectivity index (χ0n) is 14.3. The quantitative estimate of drug-likeness (QED) is 0.633. The van der Waals surface area contributed by atoms with Gasteiger partial charge in [-0.2, -0.15) is 0 Å². The van der Waals surface area contributed by atoms with Crippen molar-refractivity contribution in [3.05, 3.63) is 59.2 Å². The van der Waals surface area contributed by atoms with Crippen LogP contribution in [-0.4, -0.2) is 38.5 Å². The first-order valence-electron chi connectivity index (χ1n) is 7.92. The Hall–Kier alpha value is -3.15. The van der Waals surface area contributed by atoms with Crippen molar-refractivity contribution in [2.24, 2.45) is 0 Å².